The molecule has 7 heteroatoms. The van der Waals surface area contributed by atoms with E-state index in [1.807, 2.05) is 6.07 Å². The van der Waals surface area contributed by atoms with Gasteiger partial charge < -0.3 is 0 Å². The summed E-state index contributed by atoms with van der Waals surface area (Å²) < 4.78 is 15.1. The van der Waals surface area contributed by atoms with Gasteiger partial charge in [0.25, 0.3) is 5.91 Å². The lowest BCUT2D eigenvalue weighted by Gasteiger charge is -2.17. The second kappa shape index (κ2) is 6.86. The van der Waals surface area contributed by atoms with Crippen molar-refractivity contribution in [3.63, 3.8) is 0 Å². The lowest BCUT2D eigenvalue weighted by Crippen LogP contribution is -2.26. The van der Waals surface area contributed by atoms with E-state index in [0.29, 0.717) is 11.1 Å². The summed E-state index contributed by atoms with van der Waals surface area (Å²) in [5.41, 5.74) is 2.51. The Bertz CT molecular complexity index is 910. The van der Waals surface area contributed by atoms with E-state index in [1.165, 1.54) is 20.2 Å². The molecule has 24 heavy (non-hydrogen) atoms. The molecular formula is C17H15FIN3O2. The topological polar surface area (TPSA) is 58.2 Å². The summed E-state index contributed by atoms with van der Waals surface area (Å²) in [4.78, 5) is 17.6. The molecule has 0 saturated carbocycles. The molecule has 1 amide bonds. The van der Waals surface area contributed by atoms with Gasteiger partial charge in [-0.05, 0) is 58.0 Å². The highest BCUT2D eigenvalue weighted by atomic mass is 127. The van der Waals surface area contributed by atoms with Gasteiger partial charge in [0, 0.05) is 28.0 Å². The van der Waals surface area contributed by atoms with Crippen LogP contribution in [0.5, 0.6) is 0 Å². The van der Waals surface area contributed by atoms with Gasteiger partial charge in [-0.3, -0.25) is 14.7 Å². The van der Waals surface area contributed by atoms with E-state index >= 15 is 0 Å². The van der Waals surface area contributed by atoms with Gasteiger partial charge in [-0.25, -0.2) is 9.45 Å². The van der Waals surface area contributed by atoms with Crippen molar-refractivity contribution in [1.29, 1.82) is 0 Å². The largest absolute Gasteiger partial charge is 0.278 e. The molecule has 1 N–H and O–H groups in total. The van der Waals surface area contributed by atoms with Crippen molar-refractivity contribution in [2.24, 2.45) is 0 Å². The number of carbonyl (C=O) groups is 1. The Kier molecular flexibility index (Phi) is 4.81. The van der Waals surface area contributed by atoms with E-state index in [4.69, 9.17) is 4.84 Å². The fraction of sp³-hybridized carbons (Fsp3) is 0.176. The van der Waals surface area contributed by atoms with Crippen molar-refractivity contribution in [2.75, 3.05) is 14.2 Å². The number of hydroxylamine groups is 2. The predicted molar refractivity (Wildman–Crippen MR) is 97.1 cm³/mol. The number of nitrogens with one attached hydrogen (secondary N) is 1. The minimum atomic E-state index is -0.291. The second-order valence-corrected chi connectivity index (χ2v) is 6.57. The van der Waals surface area contributed by atoms with Crippen LogP contribution in [0.15, 0.2) is 36.5 Å². The van der Waals surface area contributed by atoms with Crippen molar-refractivity contribution in [1.82, 2.24) is 15.3 Å². The quantitative estimate of drug-likeness (QED) is 0.500. The number of carbonyl (C=O) groups excluding carboxylic acids is 1. The molecule has 0 atom stereocenters. The van der Waals surface area contributed by atoms with Crippen LogP contribution in [0.3, 0.4) is 0 Å². The number of benzene rings is 2. The summed E-state index contributed by atoms with van der Waals surface area (Å²) in [6.45, 7) is 0. The van der Waals surface area contributed by atoms with Crippen molar-refractivity contribution in [3.05, 3.63) is 62.6 Å². The third-order valence-electron chi connectivity index (χ3n) is 3.91. The molecule has 0 unspecified atom stereocenters. The Morgan fingerprint density at radius 1 is 1.38 bits per heavy atom. The van der Waals surface area contributed by atoms with E-state index in [2.05, 4.69) is 32.8 Å². The third-order valence-corrected chi connectivity index (χ3v) is 4.58. The van der Waals surface area contributed by atoms with Crippen molar-refractivity contribution >= 4 is 39.4 Å². The van der Waals surface area contributed by atoms with Gasteiger partial charge >= 0.3 is 0 Å². The van der Waals surface area contributed by atoms with Gasteiger partial charge in [0.1, 0.15) is 5.82 Å². The van der Waals surface area contributed by atoms with Crippen LogP contribution in [-0.4, -0.2) is 35.3 Å². The van der Waals surface area contributed by atoms with Gasteiger partial charge in [-0.2, -0.15) is 5.10 Å². The number of H-pyrrole nitrogens is 1. The maximum Gasteiger partial charge on any atom is 0.277 e. The summed E-state index contributed by atoms with van der Waals surface area (Å²) in [6, 6.07) is 8.56. The lowest BCUT2D eigenvalue weighted by atomic mass is 9.95. The minimum Gasteiger partial charge on any atom is -0.278 e. The van der Waals surface area contributed by atoms with Crippen molar-refractivity contribution in [2.45, 2.75) is 6.42 Å². The Balaban J connectivity index is 2.13. The second-order valence-electron chi connectivity index (χ2n) is 5.32. The first kappa shape index (κ1) is 16.8. The Morgan fingerprint density at radius 2 is 2.17 bits per heavy atom. The molecule has 3 aromatic rings. The SMILES string of the molecule is CON(C)C(=O)c1ccc2[nH]ncc2c1Cc1ccc(I)cc1F. The third kappa shape index (κ3) is 3.13. The molecule has 0 aliphatic carbocycles. The van der Waals surface area contributed by atoms with Gasteiger partial charge in [0.2, 0.25) is 0 Å². The van der Waals surface area contributed by atoms with Crippen LogP contribution in [0.2, 0.25) is 0 Å². The smallest absolute Gasteiger partial charge is 0.277 e. The molecule has 3 rings (SSSR count). The van der Waals surface area contributed by atoms with Gasteiger partial charge in [-0.15, -0.1) is 0 Å². The van der Waals surface area contributed by atoms with Crippen LogP contribution in [0.4, 0.5) is 4.39 Å². The molecule has 5 nitrogen and oxygen atoms in total. The molecule has 0 aliphatic rings. The Morgan fingerprint density at radius 3 is 2.88 bits per heavy atom. The van der Waals surface area contributed by atoms with E-state index in [-0.39, 0.29) is 18.1 Å². The van der Waals surface area contributed by atoms with E-state index in [0.717, 1.165) is 25.1 Å². The summed E-state index contributed by atoms with van der Waals surface area (Å²) in [6.07, 6.45) is 1.94. The van der Waals surface area contributed by atoms with Crippen LogP contribution in [0.25, 0.3) is 10.9 Å². The van der Waals surface area contributed by atoms with Gasteiger partial charge in [-0.1, -0.05) is 6.07 Å². The zero-order chi connectivity index (χ0) is 17.3. The standard InChI is InChI=1S/C17H15FIN3O2/c1-22(24-2)17(23)12-5-6-16-14(9-20-21-16)13(12)7-10-3-4-11(19)8-15(10)18/h3-6,8-9H,7H2,1-2H3,(H,20,21). The minimum absolute atomic E-state index is 0.290. The molecule has 0 saturated heterocycles. The summed E-state index contributed by atoms with van der Waals surface area (Å²) in [5, 5.41) is 8.85. The number of fused-ring (bicyclic) bond motifs is 1. The maximum absolute atomic E-state index is 14.3. The highest BCUT2D eigenvalue weighted by Gasteiger charge is 2.20. The monoisotopic (exact) mass is 439 g/mol. The van der Waals surface area contributed by atoms with Crippen LogP contribution >= 0.6 is 22.6 Å². The van der Waals surface area contributed by atoms with Crippen LogP contribution in [-0.2, 0) is 11.3 Å². The highest BCUT2D eigenvalue weighted by molar-refractivity contribution is 14.1. The Hall–Kier alpha value is -2.00. The number of aromatic amines is 1. The average molecular weight is 439 g/mol. The lowest BCUT2D eigenvalue weighted by molar-refractivity contribution is -0.0757. The summed E-state index contributed by atoms with van der Waals surface area (Å²) in [7, 11) is 2.96. The van der Waals surface area contributed by atoms with E-state index < -0.39 is 0 Å². The molecule has 0 spiro atoms. The molecule has 1 aromatic heterocycles. The number of aromatic nitrogens is 2. The zero-order valence-electron chi connectivity index (χ0n) is 13.1. The first-order valence-corrected chi connectivity index (χ1v) is 8.30. The number of amides is 1. The first-order valence-electron chi connectivity index (χ1n) is 7.22. The molecule has 2 aromatic carbocycles. The molecular weight excluding hydrogens is 424 g/mol. The number of halogens is 2. The van der Waals surface area contributed by atoms with Crippen LogP contribution < -0.4 is 0 Å². The number of rotatable bonds is 4. The molecule has 0 radical (unpaired) electrons. The van der Waals surface area contributed by atoms with Crippen LogP contribution in [0, 0.1) is 9.39 Å². The fourth-order valence-electron chi connectivity index (χ4n) is 2.57. The molecule has 124 valence electrons. The number of hydrogen-bond donors (Lipinski definition) is 1. The molecule has 0 bridgehead atoms. The number of nitrogens with zero attached hydrogens (tertiary/aromatic N) is 2. The number of hydrogen-bond acceptors (Lipinski definition) is 3. The first-order chi connectivity index (χ1) is 11.5. The summed E-state index contributed by atoms with van der Waals surface area (Å²) in [5.74, 6) is -0.581. The molecule has 1 heterocycles. The fourth-order valence-corrected chi connectivity index (χ4v) is 3.03. The van der Waals surface area contributed by atoms with Crippen LogP contribution in [0.1, 0.15) is 21.5 Å². The van der Waals surface area contributed by atoms with E-state index in [1.54, 1.807) is 24.4 Å². The Labute approximate surface area is 151 Å². The normalized spacial score (nSPS) is 11.0. The average Bonchev–Trinajstić information content (AvgIpc) is 3.05. The van der Waals surface area contributed by atoms with Crippen molar-refractivity contribution in [3.8, 4) is 0 Å². The van der Waals surface area contributed by atoms with Crippen molar-refractivity contribution < 1.29 is 14.0 Å². The predicted octanol–water partition coefficient (Wildman–Crippen LogP) is 3.53. The van der Waals surface area contributed by atoms with E-state index in [9.17, 15) is 9.18 Å². The van der Waals surface area contributed by atoms with Gasteiger partial charge in [0.15, 0.2) is 0 Å². The maximum atomic E-state index is 14.3. The summed E-state index contributed by atoms with van der Waals surface area (Å²) >= 11 is 2.06. The molecule has 0 aliphatic heterocycles. The zero-order valence-corrected chi connectivity index (χ0v) is 15.3. The highest BCUT2D eigenvalue weighted by Crippen LogP contribution is 2.26. The van der Waals surface area contributed by atoms with Gasteiger partial charge in [0.05, 0.1) is 18.8 Å². The molecule has 0 fully saturated rings.